The van der Waals surface area contributed by atoms with Crippen LogP contribution in [-0.2, 0) is 4.79 Å². The van der Waals surface area contributed by atoms with E-state index in [1.165, 1.54) is 6.07 Å². The van der Waals surface area contributed by atoms with Crippen molar-refractivity contribution in [3.63, 3.8) is 0 Å². The standard InChI is InChI=1S/C12H14BrFN2O/c13-9-3-4-10(14)11(7-9)15-8-12(17)16-5-1-2-6-16/h3-4,7,15H,1-2,5-6,8H2. The van der Waals surface area contributed by atoms with Gasteiger partial charge in [-0.1, -0.05) is 15.9 Å². The summed E-state index contributed by atoms with van der Waals surface area (Å²) in [7, 11) is 0. The number of anilines is 1. The Kier molecular flexibility index (Phi) is 3.99. The Balaban J connectivity index is 1.92. The second kappa shape index (κ2) is 5.49. The average Bonchev–Trinajstić information content (AvgIpc) is 2.83. The van der Waals surface area contributed by atoms with Crippen LogP contribution in [-0.4, -0.2) is 30.4 Å². The number of benzene rings is 1. The maximum Gasteiger partial charge on any atom is 0.241 e. The minimum Gasteiger partial charge on any atom is -0.374 e. The van der Waals surface area contributed by atoms with Crippen molar-refractivity contribution in [3.8, 4) is 0 Å². The van der Waals surface area contributed by atoms with E-state index in [-0.39, 0.29) is 18.3 Å². The minimum atomic E-state index is -0.345. The van der Waals surface area contributed by atoms with E-state index in [1.54, 1.807) is 12.1 Å². The van der Waals surface area contributed by atoms with Crippen LogP contribution in [0.1, 0.15) is 12.8 Å². The second-order valence-corrected chi connectivity index (χ2v) is 4.98. The highest BCUT2D eigenvalue weighted by molar-refractivity contribution is 9.10. The van der Waals surface area contributed by atoms with Crippen molar-refractivity contribution < 1.29 is 9.18 Å². The zero-order valence-electron chi connectivity index (χ0n) is 9.38. The average molecular weight is 301 g/mol. The van der Waals surface area contributed by atoms with E-state index >= 15 is 0 Å². The summed E-state index contributed by atoms with van der Waals surface area (Å²) in [5.41, 5.74) is 0.354. The molecule has 1 fully saturated rings. The molecule has 17 heavy (non-hydrogen) atoms. The van der Waals surface area contributed by atoms with Crippen molar-refractivity contribution in [2.75, 3.05) is 25.0 Å². The van der Waals surface area contributed by atoms with Gasteiger partial charge in [0.25, 0.3) is 0 Å². The van der Waals surface area contributed by atoms with Crippen molar-refractivity contribution in [1.82, 2.24) is 4.90 Å². The van der Waals surface area contributed by atoms with Gasteiger partial charge in [0.05, 0.1) is 12.2 Å². The first-order valence-electron chi connectivity index (χ1n) is 5.63. The molecule has 1 amide bonds. The summed E-state index contributed by atoms with van der Waals surface area (Å²) in [6.45, 7) is 1.79. The molecule has 3 nitrogen and oxygen atoms in total. The summed E-state index contributed by atoms with van der Waals surface area (Å²) in [5.74, 6) is -0.315. The summed E-state index contributed by atoms with van der Waals surface area (Å²) in [4.78, 5) is 13.6. The Morgan fingerprint density at radius 2 is 2.12 bits per heavy atom. The van der Waals surface area contributed by atoms with Crippen molar-refractivity contribution in [2.24, 2.45) is 0 Å². The Morgan fingerprint density at radius 1 is 1.41 bits per heavy atom. The third-order valence-electron chi connectivity index (χ3n) is 2.82. The lowest BCUT2D eigenvalue weighted by Crippen LogP contribution is -2.33. The smallest absolute Gasteiger partial charge is 0.241 e. The molecule has 0 aromatic heterocycles. The van der Waals surface area contributed by atoms with Crippen LogP contribution in [0.25, 0.3) is 0 Å². The highest BCUT2D eigenvalue weighted by Crippen LogP contribution is 2.19. The molecular formula is C12H14BrFN2O. The second-order valence-electron chi connectivity index (χ2n) is 4.07. The molecule has 1 aromatic carbocycles. The topological polar surface area (TPSA) is 32.3 Å². The first-order chi connectivity index (χ1) is 8.16. The quantitative estimate of drug-likeness (QED) is 0.931. The lowest BCUT2D eigenvalue weighted by atomic mass is 10.3. The molecule has 0 unspecified atom stereocenters. The molecule has 0 atom stereocenters. The predicted octanol–water partition coefficient (Wildman–Crippen LogP) is 2.62. The fraction of sp³-hybridized carbons (Fsp3) is 0.417. The number of nitrogens with zero attached hydrogens (tertiary/aromatic N) is 1. The lowest BCUT2D eigenvalue weighted by Gasteiger charge is -2.16. The van der Waals surface area contributed by atoms with Crippen molar-refractivity contribution >= 4 is 27.5 Å². The van der Waals surface area contributed by atoms with Crippen LogP contribution < -0.4 is 5.32 Å². The van der Waals surface area contributed by atoms with Crippen LogP contribution >= 0.6 is 15.9 Å². The van der Waals surface area contributed by atoms with Gasteiger partial charge in [0.2, 0.25) is 5.91 Å². The Hall–Kier alpha value is -1.10. The maximum atomic E-state index is 13.4. The monoisotopic (exact) mass is 300 g/mol. The Labute approximate surface area is 108 Å². The highest BCUT2D eigenvalue weighted by atomic mass is 79.9. The van der Waals surface area contributed by atoms with E-state index in [1.807, 2.05) is 4.90 Å². The third-order valence-corrected chi connectivity index (χ3v) is 3.31. The molecule has 1 aliphatic heterocycles. The first-order valence-corrected chi connectivity index (χ1v) is 6.43. The zero-order valence-corrected chi connectivity index (χ0v) is 11.0. The summed E-state index contributed by atoms with van der Waals surface area (Å²) in [6, 6.07) is 4.63. The number of hydrogen-bond acceptors (Lipinski definition) is 2. The van der Waals surface area contributed by atoms with E-state index in [9.17, 15) is 9.18 Å². The number of hydrogen-bond donors (Lipinski definition) is 1. The Bertz CT molecular complexity index is 419. The van der Waals surface area contributed by atoms with Gasteiger partial charge in [-0.05, 0) is 31.0 Å². The van der Waals surface area contributed by atoms with Crippen molar-refractivity contribution in [3.05, 3.63) is 28.5 Å². The number of halogens is 2. The van der Waals surface area contributed by atoms with Gasteiger partial charge in [0.15, 0.2) is 0 Å². The molecule has 0 saturated carbocycles. The molecular weight excluding hydrogens is 287 g/mol. The highest BCUT2D eigenvalue weighted by Gasteiger charge is 2.17. The SMILES string of the molecule is O=C(CNc1cc(Br)ccc1F)N1CCCC1. The van der Waals surface area contributed by atoms with Gasteiger partial charge in [-0.15, -0.1) is 0 Å². The van der Waals surface area contributed by atoms with Gasteiger partial charge in [-0.3, -0.25) is 4.79 Å². The lowest BCUT2D eigenvalue weighted by molar-refractivity contribution is -0.128. The van der Waals surface area contributed by atoms with E-state index in [4.69, 9.17) is 0 Å². The Morgan fingerprint density at radius 3 is 2.82 bits per heavy atom. The predicted molar refractivity (Wildman–Crippen MR) is 68.4 cm³/mol. The summed E-state index contributed by atoms with van der Waals surface area (Å²) < 4.78 is 14.2. The molecule has 0 spiro atoms. The van der Waals surface area contributed by atoms with Crippen molar-refractivity contribution in [2.45, 2.75) is 12.8 Å². The fourth-order valence-corrected chi connectivity index (χ4v) is 2.24. The van der Waals surface area contributed by atoms with E-state index in [2.05, 4.69) is 21.2 Å². The number of carbonyl (C=O) groups excluding carboxylic acids is 1. The number of rotatable bonds is 3. The van der Waals surface area contributed by atoms with Crippen molar-refractivity contribution in [1.29, 1.82) is 0 Å². The van der Waals surface area contributed by atoms with Crippen LogP contribution in [0, 0.1) is 5.82 Å². The largest absolute Gasteiger partial charge is 0.374 e. The number of amides is 1. The van der Waals surface area contributed by atoms with Gasteiger partial charge in [0.1, 0.15) is 5.82 Å². The summed E-state index contributed by atoms with van der Waals surface area (Å²) >= 11 is 3.27. The van der Waals surface area contributed by atoms with Gasteiger partial charge in [0, 0.05) is 17.6 Å². The maximum absolute atomic E-state index is 13.4. The molecule has 92 valence electrons. The van der Waals surface area contributed by atoms with E-state index < -0.39 is 0 Å². The normalized spacial score (nSPS) is 15.1. The minimum absolute atomic E-state index is 0.0295. The van der Waals surface area contributed by atoms with Crippen LogP contribution in [0.5, 0.6) is 0 Å². The molecule has 0 radical (unpaired) electrons. The first kappa shape index (κ1) is 12.4. The number of nitrogens with one attached hydrogen (secondary N) is 1. The molecule has 1 aromatic rings. The molecule has 0 aliphatic carbocycles. The van der Waals surface area contributed by atoms with Crippen LogP contribution in [0.2, 0.25) is 0 Å². The number of carbonyl (C=O) groups is 1. The molecule has 1 aliphatic rings. The fourth-order valence-electron chi connectivity index (χ4n) is 1.88. The molecule has 1 N–H and O–H groups in total. The molecule has 1 saturated heterocycles. The van der Waals surface area contributed by atoms with Gasteiger partial charge in [-0.2, -0.15) is 0 Å². The van der Waals surface area contributed by atoms with Crippen LogP contribution in [0.4, 0.5) is 10.1 Å². The van der Waals surface area contributed by atoms with E-state index in [0.717, 1.165) is 30.4 Å². The number of likely N-dealkylation sites (tertiary alicyclic amines) is 1. The van der Waals surface area contributed by atoms with Gasteiger partial charge < -0.3 is 10.2 Å². The molecule has 2 rings (SSSR count). The molecule has 5 heteroatoms. The van der Waals surface area contributed by atoms with Crippen LogP contribution in [0.15, 0.2) is 22.7 Å². The molecule has 1 heterocycles. The summed E-state index contributed by atoms with van der Waals surface area (Å²) in [5, 5.41) is 2.83. The van der Waals surface area contributed by atoms with E-state index in [0.29, 0.717) is 5.69 Å². The zero-order chi connectivity index (χ0) is 12.3. The summed E-state index contributed by atoms with van der Waals surface area (Å²) in [6.07, 6.45) is 2.13. The van der Waals surface area contributed by atoms with Gasteiger partial charge in [-0.25, -0.2) is 4.39 Å². The van der Waals surface area contributed by atoms with Gasteiger partial charge >= 0.3 is 0 Å². The third kappa shape index (κ3) is 3.19. The van der Waals surface area contributed by atoms with Crippen LogP contribution in [0.3, 0.4) is 0 Å². The molecule has 0 bridgehead atoms.